The number of rotatable bonds is 58. The maximum Gasteiger partial charge on any atom is 0.472 e. The number of amides is 1. The Bertz CT molecular complexity index is 1910. The molecule has 1 amide bonds. The summed E-state index contributed by atoms with van der Waals surface area (Å²) in [4.78, 5) is 81.7. The van der Waals surface area contributed by atoms with E-state index in [-0.39, 0.29) is 32.7 Å². The number of phosphoric ester groups is 2. The molecule has 2 saturated heterocycles. The number of hydrogen-bond acceptors (Lipinski definition) is 17. The van der Waals surface area contributed by atoms with Gasteiger partial charge >= 0.3 is 21.6 Å². The zero-order valence-corrected chi connectivity index (χ0v) is 57.0. The molecule has 2 aliphatic heterocycles. The summed E-state index contributed by atoms with van der Waals surface area (Å²) in [5.74, 6) is -2.17. The molecule has 12 atom stereocenters. The summed E-state index contributed by atoms with van der Waals surface area (Å²) >= 11 is 0. The van der Waals surface area contributed by atoms with Crippen LogP contribution in [0.2, 0.25) is 0 Å². The van der Waals surface area contributed by atoms with Gasteiger partial charge in [-0.3, -0.25) is 23.4 Å². The number of allylic oxidation sites excluding steroid dienone is 2. The Hall–Kier alpha value is -1.79. The van der Waals surface area contributed by atoms with E-state index in [4.69, 9.17) is 42.2 Å². The van der Waals surface area contributed by atoms with Gasteiger partial charge in [-0.1, -0.05) is 213 Å². The summed E-state index contributed by atoms with van der Waals surface area (Å²) in [6, 6.07) is -1.49. The number of carbonyl (C=O) groups excluding carboxylic acids is 3. The van der Waals surface area contributed by atoms with Gasteiger partial charge < -0.3 is 73.4 Å². The number of ether oxygens (including phenoxy) is 7. The molecule has 2 aliphatic rings. The average Bonchev–Trinajstić information content (AvgIpc) is 2.14. The van der Waals surface area contributed by atoms with Crippen LogP contribution in [0.5, 0.6) is 0 Å². The molecular weight excluding hydrogens is 1190 g/mol. The van der Waals surface area contributed by atoms with Gasteiger partial charge in [0.15, 0.2) is 12.4 Å². The van der Waals surface area contributed by atoms with E-state index in [1.54, 1.807) is 0 Å². The lowest BCUT2D eigenvalue weighted by Crippen LogP contribution is -2.67. The number of ketones is 1. The first kappa shape index (κ1) is 83.3. The second kappa shape index (κ2) is 51.5. The highest BCUT2D eigenvalue weighted by molar-refractivity contribution is 7.46. The Morgan fingerprint density at radius 1 is 0.506 bits per heavy atom. The molecule has 524 valence electrons. The normalized spacial score (nSPS) is 23.2. The molecule has 0 aromatic carbocycles. The first-order valence-corrected chi connectivity index (χ1v) is 37.6. The van der Waals surface area contributed by atoms with Crippen molar-refractivity contribution in [1.82, 2.24) is 5.32 Å². The van der Waals surface area contributed by atoms with Gasteiger partial charge in [-0.15, -0.1) is 0 Å². The molecule has 2 rings (SSSR count). The molecule has 8 N–H and O–H groups in total. The highest BCUT2D eigenvalue weighted by atomic mass is 31.2. The molecule has 2 heterocycles. The lowest BCUT2D eigenvalue weighted by molar-refractivity contribution is -0.315. The van der Waals surface area contributed by atoms with Gasteiger partial charge in [0.25, 0.3) is 0 Å². The minimum atomic E-state index is -5.46. The van der Waals surface area contributed by atoms with Crippen molar-refractivity contribution >= 4 is 33.3 Å². The molecule has 2 fully saturated rings. The fourth-order valence-electron chi connectivity index (χ4n) is 11.4. The molecule has 22 nitrogen and oxygen atoms in total. The second-order valence-electron chi connectivity index (χ2n) is 24.7. The molecule has 0 aromatic rings. The van der Waals surface area contributed by atoms with E-state index in [1.807, 2.05) is 0 Å². The van der Waals surface area contributed by atoms with Gasteiger partial charge in [0.2, 0.25) is 12.2 Å². The molecule has 0 aromatic heterocycles. The number of nitrogens with one attached hydrogen (secondary N) is 1. The lowest BCUT2D eigenvalue weighted by atomic mass is 9.95. The summed E-state index contributed by atoms with van der Waals surface area (Å²) in [6.45, 7) is 7.37. The molecule has 0 unspecified atom stereocenters. The maximum atomic E-state index is 14.1. The van der Waals surface area contributed by atoms with Gasteiger partial charge in [0, 0.05) is 26.7 Å². The molecule has 0 saturated carbocycles. The minimum absolute atomic E-state index is 0.00752. The van der Waals surface area contributed by atoms with Crippen LogP contribution in [-0.2, 0) is 65.7 Å². The number of aliphatic hydroxyl groups excluding tert-OH is 3. The second-order valence-corrected chi connectivity index (χ2v) is 27.1. The van der Waals surface area contributed by atoms with E-state index in [0.717, 1.165) is 148 Å². The minimum Gasteiger partial charge on any atom is -0.454 e. The summed E-state index contributed by atoms with van der Waals surface area (Å²) < 4.78 is 78.3. The Morgan fingerprint density at radius 2 is 0.978 bits per heavy atom. The van der Waals surface area contributed by atoms with Crippen LogP contribution in [0.4, 0.5) is 0 Å². The van der Waals surface area contributed by atoms with E-state index in [0.29, 0.717) is 32.1 Å². The fraction of sp³-hybridized carbons (Fsp3) is 0.923. The highest BCUT2D eigenvalue weighted by Gasteiger charge is 2.54. The predicted octanol–water partition coefficient (Wildman–Crippen LogP) is 12.4. The van der Waals surface area contributed by atoms with Crippen molar-refractivity contribution in [1.29, 1.82) is 0 Å². The number of esters is 1. The van der Waals surface area contributed by atoms with E-state index in [2.05, 4.69) is 45.2 Å². The first-order valence-electron chi connectivity index (χ1n) is 34.6. The predicted molar refractivity (Wildman–Crippen MR) is 341 cm³/mol. The smallest absolute Gasteiger partial charge is 0.454 e. The number of methoxy groups -OCH3 is 1. The highest BCUT2D eigenvalue weighted by Crippen LogP contribution is 2.44. The van der Waals surface area contributed by atoms with Crippen molar-refractivity contribution in [3.63, 3.8) is 0 Å². The fourth-order valence-corrected chi connectivity index (χ4v) is 12.4. The monoisotopic (exact) mass is 1320 g/mol. The summed E-state index contributed by atoms with van der Waals surface area (Å²) in [6.07, 6.45) is 20.8. The third kappa shape index (κ3) is 40.9. The quantitative estimate of drug-likeness (QED) is 0.00922. The lowest BCUT2D eigenvalue weighted by Gasteiger charge is -2.47. The number of carbonyl (C=O) groups is 3. The van der Waals surface area contributed by atoms with Crippen molar-refractivity contribution in [2.24, 2.45) is 0 Å². The molecule has 0 radical (unpaired) electrons. The Balaban J connectivity index is 2.46. The van der Waals surface area contributed by atoms with E-state index in [9.17, 15) is 58.4 Å². The molecule has 0 bridgehead atoms. The van der Waals surface area contributed by atoms with Crippen molar-refractivity contribution in [2.75, 3.05) is 33.5 Å². The molecule has 24 heteroatoms. The summed E-state index contributed by atoms with van der Waals surface area (Å²) in [5.41, 5.74) is 0. The van der Waals surface area contributed by atoms with Gasteiger partial charge in [0.05, 0.1) is 31.8 Å². The Kier molecular flexibility index (Phi) is 48.2. The van der Waals surface area contributed by atoms with E-state index < -0.39 is 126 Å². The van der Waals surface area contributed by atoms with E-state index in [1.165, 1.54) is 52.1 Å². The number of Topliss-reactive ketones (excluding diaryl/α,β-unsaturated/α-hetero) is 1. The molecule has 89 heavy (non-hydrogen) atoms. The number of aliphatic hydroxyl groups is 3. The van der Waals surface area contributed by atoms with Gasteiger partial charge in [-0.05, 0) is 57.8 Å². The van der Waals surface area contributed by atoms with Crippen molar-refractivity contribution in [3.05, 3.63) is 12.2 Å². The maximum absolute atomic E-state index is 14.1. The summed E-state index contributed by atoms with van der Waals surface area (Å²) in [7, 11) is -9.50. The van der Waals surface area contributed by atoms with Crippen LogP contribution in [0.25, 0.3) is 0 Å². The van der Waals surface area contributed by atoms with Crippen molar-refractivity contribution < 1.29 is 101 Å². The van der Waals surface area contributed by atoms with Crippen LogP contribution in [0.3, 0.4) is 0 Å². The third-order valence-electron chi connectivity index (χ3n) is 16.4. The van der Waals surface area contributed by atoms with Crippen molar-refractivity contribution in [3.8, 4) is 0 Å². The van der Waals surface area contributed by atoms with Crippen molar-refractivity contribution in [2.45, 2.75) is 352 Å². The van der Waals surface area contributed by atoms with Crippen LogP contribution in [0, 0.1) is 0 Å². The largest absolute Gasteiger partial charge is 0.472 e. The van der Waals surface area contributed by atoms with Crippen LogP contribution in [0.1, 0.15) is 278 Å². The standard InChI is InChI=1S/C65H123NO21P2/c1-6-10-14-18-21-24-25-26-27-29-31-34-38-42-52(68)47-56(70)66-58-61(81-46-44-51(67)41-37-33-17-13-9-4)60(86-88(73,74)75)55(49-79-5)84-64(58)82-50-54-59(72)62(80-45-40-36-32-23-20-16-12-8-3)63(65(83-54)87-89(76,77)78)85-57(71)48-53(69)43-39-35-30-28-22-19-15-11-7-2/h24-25,51-52,54-55,58-65,67-68,72H,6-23,26-50H2,1-5H3,(H,66,70)(H2,73,74,75)(H2,76,77,78)/b25-24-/t51-,52-,54-,55-,58-,59-,60-,61-,62+,63-,64-,65+/m1/s1. The Morgan fingerprint density at radius 3 is 1.52 bits per heavy atom. The Labute approximate surface area is 534 Å². The number of unbranched alkanes of at least 4 members (excludes halogenated alkanes) is 28. The first-order chi connectivity index (χ1) is 42.8. The van der Waals surface area contributed by atoms with Crippen LogP contribution < -0.4 is 5.32 Å². The molecular formula is C65H123NO21P2. The van der Waals surface area contributed by atoms with Crippen LogP contribution >= 0.6 is 15.6 Å². The van der Waals surface area contributed by atoms with E-state index >= 15 is 0 Å². The third-order valence-corrected chi connectivity index (χ3v) is 17.4. The van der Waals surface area contributed by atoms with Crippen LogP contribution in [0.15, 0.2) is 12.2 Å². The molecule has 0 spiro atoms. The summed E-state index contributed by atoms with van der Waals surface area (Å²) in [5, 5.41) is 37.2. The van der Waals surface area contributed by atoms with Gasteiger partial charge in [-0.25, -0.2) is 9.13 Å². The topological polar surface area (TPSA) is 322 Å². The SMILES string of the molecule is CCCCCC/C=C\CCCCCCC[C@@H](O)CC(=O)N[C@H]1[C@H](OC[C@H]2O[C@@H](OP(=O)(O)O)[C@H](OC(=O)CC(=O)CCCCCCCCCCC)[C@@H](OCCCCCCCCCC)[C@@H]2O)O[C@H](COC)[C@@H](OP(=O)(O)O)[C@@H]1OCC[C@H](O)CCCCCCC. The zero-order chi connectivity index (χ0) is 65.6. The number of phosphoric acid groups is 2. The number of hydrogen-bond donors (Lipinski definition) is 8. The van der Waals surface area contributed by atoms with Crippen LogP contribution in [-0.4, -0.2) is 160 Å². The average molecular weight is 1320 g/mol. The zero-order valence-electron chi connectivity index (χ0n) is 55.2. The molecule has 0 aliphatic carbocycles. The van der Waals surface area contributed by atoms with Gasteiger partial charge in [-0.2, -0.15) is 0 Å². The van der Waals surface area contributed by atoms with Gasteiger partial charge in [0.1, 0.15) is 54.9 Å².